The largest absolute Gasteiger partial charge is 0.333 e. The molecule has 0 bridgehead atoms. The number of aromatic nitrogens is 2. The Kier molecular flexibility index (Phi) is 4.09. The number of hydrogen-bond donors (Lipinski definition) is 1. The maximum Gasteiger partial charge on any atom is 0.166 e. The lowest BCUT2D eigenvalue weighted by Gasteiger charge is -2.06. The molecule has 1 heterocycles. The summed E-state index contributed by atoms with van der Waals surface area (Å²) in [6.45, 7) is 0. The average molecular weight is 330 g/mol. The minimum atomic E-state index is 0.894. The van der Waals surface area contributed by atoms with Gasteiger partial charge in [-0.3, -0.25) is 0 Å². The number of rotatable bonds is 4. The van der Waals surface area contributed by atoms with Crippen LogP contribution in [0.5, 0.6) is 0 Å². The second-order valence-corrected chi connectivity index (χ2v) is 6.59. The van der Waals surface area contributed by atoms with Gasteiger partial charge in [0.15, 0.2) is 5.16 Å². The number of H-pyrrole nitrogens is 1. The summed E-state index contributed by atoms with van der Waals surface area (Å²) in [5.41, 5.74) is 7.25. The van der Waals surface area contributed by atoms with Crippen LogP contribution >= 0.6 is 11.8 Å². The molecular formula is C21H18N2S. The number of benzene rings is 3. The number of aromatic amines is 1. The Morgan fingerprint density at radius 1 is 0.833 bits per heavy atom. The van der Waals surface area contributed by atoms with Crippen LogP contribution < -0.4 is 0 Å². The summed E-state index contributed by atoms with van der Waals surface area (Å²) in [6.07, 6.45) is 2.94. The lowest BCUT2D eigenvalue weighted by molar-refractivity contribution is 1.08. The molecule has 2 nitrogen and oxygen atoms in total. The molecular weight excluding hydrogens is 312 g/mol. The molecule has 1 aromatic heterocycles. The van der Waals surface area contributed by atoms with Gasteiger partial charge in [-0.25, -0.2) is 4.98 Å². The van der Waals surface area contributed by atoms with Gasteiger partial charge >= 0.3 is 0 Å². The van der Waals surface area contributed by atoms with Crippen LogP contribution in [-0.2, 0) is 6.42 Å². The highest BCUT2D eigenvalue weighted by molar-refractivity contribution is 7.98. The van der Waals surface area contributed by atoms with Gasteiger partial charge in [-0.1, -0.05) is 78.5 Å². The van der Waals surface area contributed by atoms with Gasteiger partial charge in [0.1, 0.15) is 0 Å². The van der Waals surface area contributed by atoms with E-state index in [0.29, 0.717) is 0 Å². The van der Waals surface area contributed by atoms with E-state index in [4.69, 9.17) is 4.98 Å². The van der Waals surface area contributed by atoms with E-state index in [9.17, 15) is 0 Å². The molecule has 24 heavy (non-hydrogen) atoms. The maximum absolute atomic E-state index is 4.70. The van der Waals surface area contributed by atoms with Crippen LogP contribution in [-0.4, -0.2) is 16.2 Å². The van der Waals surface area contributed by atoms with Gasteiger partial charge in [0, 0.05) is 0 Å². The molecule has 4 aromatic rings. The minimum Gasteiger partial charge on any atom is -0.333 e. The highest BCUT2D eigenvalue weighted by atomic mass is 32.2. The Balaban J connectivity index is 1.63. The van der Waals surface area contributed by atoms with Gasteiger partial charge in [-0.05, 0) is 41.0 Å². The molecule has 0 amide bonds. The van der Waals surface area contributed by atoms with E-state index >= 15 is 0 Å². The fraction of sp³-hybridized carbons (Fsp3) is 0.0952. The minimum absolute atomic E-state index is 0.894. The normalized spacial score (nSPS) is 11.0. The van der Waals surface area contributed by atoms with Crippen LogP contribution in [0.4, 0.5) is 0 Å². The van der Waals surface area contributed by atoms with Crippen molar-refractivity contribution in [3.8, 4) is 11.1 Å². The van der Waals surface area contributed by atoms with Crippen LogP contribution in [0.25, 0.3) is 22.2 Å². The third-order valence-corrected chi connectivity index (χ3v) is 4.80. The summed E-state index contributed by atoms with van der Waals surface area (Å²) in [6, 6.07) is 25.6. The van der Waals surface area contributed by atoms with Crippen molar-refractivity contribution in [3.63, 3.8) is 0 Å². The molecule has 0 spiro atoms. The van der Waals surface area contributed by atoms with E-state index < -0.39 is 0 Å². The van der Waals surface area contributed by atoms with Gasteiger partial charge < -0.3 is 4.98 Å². The number of para-hydroxylation sites is 1. The van der Waals surface area contributed by atoms with Gasteiger partial charge in [0.25, 0.3) is 0 Å². The number of nitrogens with one attached hydrogen (secondary N) is 1. The summed E-state index contributed by atoms with van der Waals surface area (Å²) in [4.78, 5) is 8.05. The second kappa shape index (κ2) is 6.54. The molecule has 118 valence electrons. The van der Waals surface area contributed by atoms with E-state index in [2.05, 4.69) is 71.7 Å². The van der Waals surface area contributed by atoms with Gasteiger partial charge in [-0.2, -0.15) is 0 Å². The molecule has 1 N–H and O–H groups in total. The van der Waals surface area contributed by atoms with Gasteiger partial charge in [0.2, 0.25) is 0 Å². The van der Waals surface area contributed by atoms with E-state index in [1.54, 1.807) is 11.8 Å². The zero-order valence-corrected chi connectivity index (χ0v) is 14.3. The molecule has 4 rings (SSSR count). The smallest absolute Gasteiger partial charge is 0.166 e. The number of imidazole rings is 1. The monoisotopic (exact) mass is 330 g/mol. The number of thioether (sulfide) groups is 1. The Morgan fingerprint density at radius 2 is 1.58 bits per heavy atom. The Labute approximate surface area is 146 Å². The van der Waals surface area contributed by atoms with Crippen molar-refractivity contribution in [3.05, 3.63) is 83.9 Å². The molecule has 0 radical (unpaired) electrons. The maximum atomic E-state index is 4.70. The standard InChI is InChI=1S/C21H18N2S/c1-24-21-22-19-9-5-8-18(20(19)23-21)14-15-10-12-17(13-11-15)16-6-3-2-4-7-16/h2-13H,14H2,1H3,(H,22,23). The highest BCUT2D eigenvalue weighted by Crippen LogP contribution is 2.24. The second-order valence-electron chi connectivity index (χ2n) is 5.80. The van der Waals surface area contributed by atoms with Gasteiger partial charge in [-0.15, -0.1) is 0 Å². The van der Waals surface area contributed by atoms with E-state index in [1.165, 1.54) is 22.3 Å². The van der Waals surface area contributed by atoms with Crippen molar-refractivity contribution < 1.29 is 0 Å². The summed E-state index contributed by atoms with van der Waals surface area (Å²) in [5, 5.41) is 0.969. The predicted molar refractivity (Wildman–Crippen MR) is 103 cm³/mol. The summed E-state index contributed by atoms with van der Waals surface area (Å²) >= 11 is 1.64. The van der Waals surface area contributed by atoms with Crippen molar-refractivity contribution in [2.24, 2.45) is 0 Å². The van der Waals surface area contributed by atoms with Crippen LogP contribution in [0.2, 0.25) is 0 Å². The molecule has 0 unspecified atom stereocenters. The third kappa shape index (κ3) is 2.95. The number of nitrogens with zero attached hydrogens (tertiary/aromatic N) is 1. The summed E-state index contributed by atoms with van der Waals surface area (Å²) < 4.78 is 0. The molecule has 3 aromatic carbocycles. The Hall–Kier alpha value is -2.52. The van der Waals surface area contributed by atoms with Gasteiger partial charge in [0.05, 0.1) is 11.0 Å². The van der Waals surface area contributed by atoms with E-state index in [0.717, 1.165) is 22.6 Å². The molecule has 0 saturated carbocycles. The highest BCUT2D eigenvalue weighted by Gasteiger charge is 2.07. The number of fused-ring (bicyclic) bond motifs is 1. The molecule has 0 aliphatic heterocycles. The third-order valence-electron chi connectivity index (χ3n) is 4.22. The van der Waals surface area contributed by atoms with E-state index in [-0.39, 0.29) is 0 Å². The van der Waals surface area contributed by atoms with Crippen molar-refractivity contribution in [2.75, 3.05) is 6.26 Å². The molecule has 0 fully saturated rings. The Bertz CT molecular complexity index is 956. The predicted octanol–water partition coefficient (Wildman–Crippen LogP) is 5.54. The van der Waals surface area contributed by atoms with E-state index in [1.807, 2.05) is 12.3 Å². The van der Waals surface area contributed by atoms with Crippen LogP contribution in [0.15, 0.2) is 78.0 Å². The number of hydrogen-bond acceptors (Lipinski definition) is 2. The van der Waals surface area contributed by atoms with Crippen LogP contribution in [0.3, 0.4) is 0 Å². The zero-order chi connectivity index (χ0) is 16.4. The lowest BCUT2D eigenvalue weighted by Crippen LogP contribution is -1.90. The molecule has 0 saturated heterocycles. The molecule has 0 aliphatic rings. The molecule has 0 aliphatic carbocycles. The Morgan fingerprint density at radius 3 is 2.33 bits per heavy atom. The summed E-state index contributed by atoms with van der Waals surface area (Å²) in [7, 11) is 0. The fourth-order valence-corrected chi connectivity index (χ4v) is 3.37. The SMILES string of the molecule is CSc1nc2c(Cc3ccc(-c4ccccc4)cc3)cccc2[nH]1. The first-order chi connectivity index (χ1) is 11.8. The average Bonchev–Trinajstić information content (AvgIpc) is 3.08. The van der Waals surface area contributed by atoms with Crippen molar-refractivity contribution in [2.45, 2.75) is 11.6 Å². The lowest BCUT2D eigenvalue weighted by atomic mass is 10.00. The molecule has 3 heteroatoms. The quantitative estimate of drug-likeness (QED) is 0.497. The first-order valence-corrected chi connectivity index (χ1v) is 9.22. The van der Waals surface area contributed by atoms with Crippen LogP contribution in [0.1, 0.15) is 11.1 Å². The van der Waals surface area contributed by atoms with Crippen molar-refractivity contribution >= 4 is 22.8 Å². The van der Waals surface area contributed by atoms with Crippen LogP contribution in [0, 0.1) is 0 Å². The fourth-order valence-electron chi connectivity index (χ4n) is 2.97. The first-order valence-electron chi connectivity index (χ1n) is 7.99. The summed E-state index contributed by atoms with van der Waals surface area (Å²) in [5.74, 6) is 0. The molecule has 0 atom stereocenters. The topological polar surface area (TPSA) is 28.7 Å². The van der Waals surface area contributed by atoms with Crippen molar-refractivity contribution in [1.82, 2.24) is 9.97 Å². The first kappa shape index (κ1) is 15.0. The van der Waals surface area contributed by atoms with Crippen molar-refractivity contribution in [1.29, 1.82) is 0 Å². The zero-order valence-electron chi connectivity index (χ0n) is 13.5.